The van der Waals surface area contributed by atoms with Gasteiger partial charge < -0.3 is 0 Å². The molecule has 7 nitrogen and oxygen atoms in total. The molecule has 16 heavy (non-hydrogen) atoms. The van der Waals surface area contributed by atoms with Gasteiger partial charge in [0.15, 0.2) is 5.82 Å². The van der Waals surface area contributed by atoms with Gasteiger partial charge in [0.2, 0.25) is 0 Å². The molecule has 0 atom stereocenters. The van der Waals surface area contributed by atoms with E-state index in [9.17, 15) is 14.9 Å². The number of aromatic amines is 1. The van der Waals surface area contributed by atoms with Gasteiger partial charge in [-0.15, -0.1) is 0 Å². The highest BCUT2D eigenvalue weighted by Crippen LogP contribution is 2.17. The molecule has 2 aromatic rings. The first-order chi connectivity index (χ1) is 7.58. The fourth-order valence-corrected chi connectivity index (χ4v) is 1.27. The molecule has 0 fully saturated rings. The molecule has 1 aromatic heterocycles. The Kier molecular flexibility index (Phi) is 2.28. The molecule has 0 spiro atoms. The molecule has 0 aliphatic rings. The molecule has 7 heteroatoms. The maximum absolute atomic E-state index is 11.1. The molecule has 0 aliphatic carbocycles. The number of H-pyrrole nitrogens is 1. The predicted octanol–water partition coefficient (Wildman–Crippen LogP) is 0.684. The van der Waals surface area contributed by atoms with E-state index in [2.05, 4.69) is 10.1 Å². The number of nitrogens with zero attached hydrogens (tertiary/aromatic N) is 3. The number of rotatable bonds is 2. The van der Waals surface area contributed by atoms with Gasteiger partial charge in [0.05, 0.1) is 4.92 Å². The van der Waals surface area contributed by atoms with E-state index >= 15 is 0 Å². The van der Waals surface area contributed by atoms with E-state index in [-0.39, 0.29) is 11.4 Å². The maximum atomic E-state index is 11.1. The Morgan fingerprint density at radius 3 is 2.44 bits per heavy atom. The van der Waals surface area contributed by atoms with Gasteiger partial charge in [-0.3, -0.25) is 15.1 Å². The largest absolute Gasteiger partial charge is 0.343 e. The van der Waals surface area contributed by atoms with Gasteiger partial charge in [-0.05, 0) is 12.1 Å². The van der Waals surface area contributed by atoms with E-state index in [4.69, 9.17) is 0 Å². The van der Waals surface area contributed by atoms with Gasteiger partial charge in [-0.2, -0.15) is 5.10 Å². The second kappa shape index (κ2) is 3.61. The van der Waals surface area contributed by atoms with Crippen molar-refractivity contribution in [3.8, 4) is 11.4 Å². The van der Waals surface area contributed by atoms with Crippen molar-refractivity contribution in [2.45, 2.75) is 0 Å². The third-order valence-corrected chi connectivity index (χ3v) is 2.12. The lowest BCUT2D eigenvalue weighted by molar-refractivity contribution is -0.384. The first-order valence-electron chi connectivity index (χ1n) is 4.46. The molecule has 82 valence electrons. The van der Waals surface area contributed by atoms with Gasteiger partial charge in [0.1, 0.15) is 0 Å². The number of hydrogen-bond acceptors (Lipinski definition) is 4. The first-order valence-corrected chi connectivity index (χ1v) is 4.46. The molecule has 1 N–H and O–H groups in total. The van der Waals surface area contributed by atoms with Crippen molar-refractivity contribution in [2.24, 2.45) is 7.05 Å². The predicted molar refractivity (Wildman–Crippen MR) is 55.9 cm³/mol. The molecule has 0 unspecified atom stereocenters. The molecule has 0 amide bonds. The minimum absolute atomic E-state index is 0.00188. The lowest BCUT2D eigenvalue weighted by atomic mass is 10.2. The van der Waals surface area contributed by atoms with Crippen LogP contribution in [0, 0.1) is 10.1 Å². The summed E-state index contributed by atoms with van der Waals surface area (Å²) in [4.78, 5) is 23.6. The average molecular weight is 220 g/mol. The molecule has 1 heterocycles. The fourth-order valence-electron chi connectivity index (χ4n) is 1.27. The van der Waals surface area contributed by atoms with Crippen LogP contribution in [0.1, 0.15) is 0 Å². The Morgan fingerprint density at radius 2 is 2.00 bits per heavy atom. The van der Waals surface area contributed by atoms with Gasteiger partial charge in [-0.1, -0.05) is 0 Å². The van der Waals surface area contributed by atoms with Crippen LogP contribution in [-0.2, 0) is 7.05 Å². The van der Waals surface area contributed by atoms with Crippen molar-refractivity contribution >= 4 is 5.69 Å². The fraction of sp³-hybridized carbons (Fsp3) is 0.111. The highest BCUT2D eigenvalue weighted by atomic mass is 16.6. The monoisotopic (exact) mass is 220 g/mol. The summed E-state index contributed by atoms with van der Waals surface area (Å²) in [6.45, 7) is 0. The van der Waals surface area contributed by atoms with Crippen molar-refractivity contribution in [1.29, 1.82) is 0 Å². The number of nitrogens with one attached hydrogen (secondary N) is 1. The minimum atomic E-state index is -0.481. The SMILES string of the molecule is Cn1nc(-c2ccc([N+](=O)[O-])cc2)[nH]c1=O. The average Bonchev–Trinajstić information content (AvgIpc) is 2.59. The van der Waals surface area contributed by atoms with E-state index < -0.39 is 4.92 Å². The van der Waals surface area contributed by atoms with Crippen LogP contribution < -0.4 is 5.69 Å². The third-order valence-electron chi connectivity index (χ3n) is 2.12. The van der Waals surface area contributed by atoms with Crippen molar-refractivity contribution in [2.75, 3.05) is 0 Å². The van der Waals surface area contributed by atoms with Crippen molar-refractivity contribution in [1.82, 2.24) is 14.8 Å². The summed E-state index contributed by atoms with van der Waals surface area (Å²) in [6, 6.07) is 5.80. The Morgan fingerprint density at radius 1 is 1.38 bits per heavy atom. The Hall–Kier alpha value is -2.44. The zero-order valence-electron chi connectivity index (χ0n) is 8.38. The number of hydrogen-bond donors (Lipinski definition) is 1. The van der Waals surface area contributed by atoms with E-state index in [0.29, 0.717) is 11.4 Å². The van der Waals surface area contributed by atoms with Crippen LogP contribution in [0.5, 0.6) is 0 Å². The molecular formula is C9H8N4O3. The van der Waals surface area contributed by atoms with Crippen molar-refractivity contribution < 1.29 is 4.92 Å². The summed E-state index contributed by atoms with van der Waals surface area (Å²) >= 11 is 0. The highest BCUT2D eigenvalue weighted by molar-refractivity contribution is 5.56. The van der Waals surface area contributed by atoms with Crippen molar-refractivity contribution in [3.63, 3.8) is 0 Å². The first kappa shape index (κ1) is 10.1. The van der Waals surface area contributed by atoms with Gasteiger partial charge in [0.25, 0.3) is 5.69 Å². The summed E-state index contributed by atoms with van der Waals surface area (Å²) in [5, 5.41) is 14.4. The van der Waals surface area contributed by atoms with Crippen LogP contribution in [0.25, 0.3) is 11.4 Å². The van der Waals surface area contributed by atoms with Crippen LogP contribution in [-0.4, -0.2) is 19.7 Å². The second-order valence-corrected chi connectivity index (χ2v) is 3.21. The maximum Gasteiger partial charge on any atom is 0.343 e. The van der Waals surface area contributed by atoms with E-state index in [1.165, 1.54) is 31.3 Å². The summed E-state index contributed by atoms with van der Waals surface area (Å²) < 4.78 is 1.16. The van der Waals surface area contributed by atoms with E-state index in [0.717, 1.165) is 4.68 Å². The lowest BCUT2D eigenvalue weighted by Crippen LogP contribution is -2.13. The second-order valence-electron chi connectivity index (χ2n) is 3.21. The van der Waals surface area contributed by atoms with E-state index in [1.54, 1.807) is 0 Å². The Bertz CT molecular complexity index is 582. The van der Waals surface area contributed by atoms with Crippen molar-refractivity contribution in [3.05, 3.63) is 44.9 Å². The van der Waals surface area contributed by atoms with Crippen LogP contribution >= 0.6 is 0 Å². The molecule has 0 radical (unpaired) electrons. The summed E-state index contributed by atoms with van der Waals surface area (Å²) in [5.41, 5.74) is 0.304. The Labute approximate surface area is 89.5 Å². The molecule has 1 aromatic carbocycles. The molecule has 0 saturated carbocycles. The molecule has 0 bridgehead atoms. The van der Waals surface area contributed by atoms with Crippen LogP contribution in [0.4, 0.5) is 5.69 Å². The summed E-state index contributed by atoms with van der Waals surface area (Å²) in [6.07, 6.45) is 0. The minimum Gasteiger partial charge on any atom is -0.289 e. The number of aromatic nitrogens is 3. The summed E-state index contributed by atoms with van der Waals surface area (Å²) in [5.74, 6) is 0.391. The number of nitro benzene ring substituents is 1. The normalized spacial score (nSPS) is 10.3. The van der Waals surface area contributed by atoms with E-state index in [1.807, 2.05) is 0 Å². The number of benzene rings is 1. The zero-order chi connectivity index (χ0) is 11.7. The third kappa shape index (κ3) is 1.70. The van der Waals surface area contributed by atoms with Gasteiger partial charge in [-0.25, -0.2) is 9.48 Å². The summed E-state index contributed by atoms with van der Waals surface area (Å²) in [7, 11) is 1.52. The van der Waals surface area contributed by atoms with Crippen LogP contribution in [0.2, 0.25) is 0 Å². The quantitative estimate of drug-likeness (QED) is 0.594. The molecule has 2 rings (SSSR count). The number of aryl methyl sites for hydroxylation is 1. The molecule has 0 saturated heterocycles. The molecule has 0 aliphatic heterocycles. The Balaban J connectivity index is 2.42. The van der Waals surface area contributed by atoms with Crippen LogP contribution in [0.3, 0.4) is 0 Å². The lowest BCUT2D eigenvalue weighted by Gasteiger charge is -1.94. The molecular weight excluding hydrogens is 212 g/mol. The van der Waals surface area contributed by atoms with Crippen LogP contribution in [0.15, 0.2) is 29.1 Å². The standard InChI is InChI=1S/C9H8N4O3/c1-12-9(14)10-8(11-12)6-2-4-7(5-3-6)13(15)16/h2-5H,1H3,(H,10,11,14). The van der Waals surface area contributed by atoms with Gasteiger partial charge >= 0.3 is 5.69 Å². The zero-order valence-corrected chi connectivity index (χ0v) is 8.38. The smallest absolute Gasteiger partial charge is 0.289 e. The number of non-ortho nitro benzene ring substituents is 1. The number of nitro groups is 1. The highest BCUT2D eigenvalue weighted by Gasteiger charge is 2.08. The van der Waals surface area contributed by atoms with Gasteiger partial charge in [0, 0.05) is 24.7 Å². The topological polar surface area (TPSA) is 93.8 Å².